The zero-order chi connectivity index (χ0) is 26.5. The highest BCUT2D eigenvalue weighted by molar-refractivity contribution is 8.27. The number of fused-ring (bicyclic) bond motifs is 1. The summed E-state index contributed by atoms with van der Waals surface area (Å²) in [6.07, 6.45) is 4.93. The number of amidine groups is 2. The molecule has 3 aromatic rings. The molecule has 0 unspecified atom stereocenters. The van der Waals surface area contributed by atoms with Crippen molar-refractivity contribution in [2.24, 2.45) is 10.1 Å². The minimum absolute atomic E-state index is 0.0552. The van der Waals surface area contributed by atoms with Gasteiger partial charge in [0.15, 0.2) is 17.3 Å². The van der Waals surface area contributed by atoms with Gasteiger partial charge in [0.2, 0.25) is 5.17 Å². The van der Waals surface area contributed by atoms with Gasteiger partial charge in [-0.1, -0.05) is 12.1 Å². The number of benzene rings is 2. The van der Waals surface area contributed by atoms with E-state index < -0.39 is 5.91 Å². The Balaban J connectivity index is 1.27. The van der Waals surface area contributed by atoms with Crippen LogP contribution in [0.25, 0.3) is 6.08 Å². The fraction of sp³-hybridized carbons (Fsp3) is 0.148. The lowest BCUT2D eigenvalue weighted by molar-refractivity contribution is -0.114. The summed E-state index contributed by atoms with van der Waals surface area (Å²) in [6, 6.07) is 16.2. The lowest BCUT2D eigenvalue weighted by Crippen LogP contribution is -2.35. The van der Waals surface area contributed by atoms with Gasteiger partial charge >= 0.3 is 0 Å². The molecule has 1 N–H and O–H groups in total. The lowest BCUT2D eigenvalue weighted by atomic mass is 10.1. The number of aliphatic imine (C=N–C) groups is 1. The fourth-order valence-electron chi connectivity index (χ4n) is 3.66. The summed E-state index contributed by atoms with van der Waals surface area (Å²) < 4.78 is 22.2. The van der Waals surface area contributed by atoms with Gasteiger partial charge in [0.1, 0.15) is 29.8 Å². The van der Waals surface area contributed by atoms with Gasteiger partial charge in [0.05, 0.1) is 19.8 Å². The van der Waals surface area contributed by atoms with Gasteiger partial charge in [0, 0.05) is 24.0 Å². The van der Waals surface area contributed by atoms with Gasteiger partial charge in [-0.25, -0.2) is 0 Å². The maximum absolute atomic E-state index is 12.8. The minimum atomic E-state index is -0.509. The highest BCUT2D eigenvalue weighted by Gasteiger charge is 2.36. The van der Waals surface area contributed by atoms with E-state index >= 15 is 0 Å². The van der Waals surface area contributed by atoms with Crippen LogP contribution >= 0.6 is 11.8 Å². The first-order chi connectivity index (χ1) is 18.6. The van der Waals surface area contributed by atoms with Crippen molar-refractivity contribution in [3.63, 3.8) is 0 Å². The number of hydrazone groups is 1. The van der Waals surface area contributed by atoms with Crippen LogP contribution in [0.5, 0.6) is 23.0 Å². The van der Waals surface area contributed by atoms with Crippen LogP contribution in [0.3, 0.4) is 0 Å². The van der Waals surface area contributed by atoms with Gasteiger partial charge in [-0.05, 0) is 59.8 Å². The smallest absolute Gasteiger partial charge is 0.283 e. The number of hydrogen-bond acceptors (Lipinski definition) is 9. The molecule has 0 saturated carbocycles. The molecule has 0 radical (unpaired) electrons. The Bertz CT molecular complexity index is 1470. The highest BCUT2D eigenvalue weighted by Crippen LogP contribution is 2.32. The summed E-state index contributed by atoms with van der Waals surface area (Å²) in [5.74, 6) is 1.83. The van der Waals surface area contributed by atoms with Crippen molar-refractivity contribution in [1.82, 2.24) is 9.99 Å². The van der Waals surface area contributed by atoms with E-state index in [4.69, 9.17) is 24.4 Å². The summed E-state index contributed by atoms with van der Waals surface area (Å²) in [5.41, 5.74) is 1.56. The molecular weight excluding hydrogens is 506 g/mol. The highest BCUT2D eigenvalue weighted by atomic mass is 32.2. The number of nitrogens with zero attached hydrogens (tertiary/aromatic N) is 4. The number of hydrogen-bond donors (Lipinski definition) is 1. The molecule has 0 aliphatic carbocycles. The Morgan fingerprint density at radius 3 is 2.61 bits per heavy atom. The van der Waals surface area contributed by atoms with E-state index in [1.807, 2.05) is 24.3 Å². The molecule has 2 aliphatic heterocycles. The Labute approximate surface area is 223 Å². The van der Waals surface area contributed by atoms with Crippen molar-refractivity contribution < 1.29 is 23.7 Å². The van der Waals surface area contributed by atoms with Crippen molar-refractivity contribution >= 4 is 39.8 Å². The van der Waals surface area contributed by atoms with Gasteiger partial charge in [-0.2, -0.15) is 15.1 Å². The predicted octanol–water partition coefficient (Wildman–Crippen LogP) is 4.22. The Hall–Kier alpha value is -4.64. The molecule has 2 aliphatic rings. The Morgan fingerprint density at radius 1 is 0.974 bits per heavy atom. The van der Waals surface area contributed by atoms with Gasteiger partial charge in [0.25, 0.3) is 5.91 Å². The Morgan fingerprint density at radius 2 is 1.82 bits per heavy atom. The number of rotatable bonds is 9. The minimum Gasteiger partial charge on any atom is -0.497 e. The monoisotopic (exact) mass is 529 g/mol. The number of pyridine rings is 1. The third-order valence-corrected chi connectivity index (χ3v) is 6.47. The summed E-state index contributed by atoms with van der Waals surface area (Å²) in [5, 5.41) is 15.4. The molecule has 1 aromatic heterocycles. The molecular formula is C27H23N5O5S. The number of carbonyl (C=O) groups is 1. The molecule has 2 aromatic carbocycles. The van der Waals surface area contributed by atoms with Crippen LogP contribution in [0.1, 0.15) is 11.1 Å². The average Bonchev–Trinajstić information content (AvgIpc) is 3.38. The summed E-state index contributed by atoms with van der Waals surface area (Å²) in [7, 11) is 3.14. The van der Waals surface area contributed by atoms with Crippen molar-refractivity contribution in [2.75, 3.05) is 27.4 Å². The van der Waals surface area contributed by atoms with Crippen LogP contribution in [0.15, 0.2) is 82.7 Å². The van der Waals surface area contributed by atoms with Crippen LogP contribution in [-0.4, -0.2) is 59.4 Å². The molecule has 0 atom stereocenters. The number of amides is 1. The molecule has 0 saturated heterocycles. The van der Waals surface area contributed by atoms with Crippen molar-refractivity contribution in [1.29, 1.82) is 5.41 Å². The molecule has 38 heavy (non-hydrogen) atoms. The van der Waals surface area contributed by atoms with Crippen LogP contribution in [0.2, 0.25) is 0 Å². The van der Waals surface area contributed by atoms with Crippen LogP contribution < -0.4 is 18.9 Å². The van der Waals surface area contributed by atoms with E-state index in [0.29, 0.717) is 52.0 Å². The number of nitrogens with one attached hydrogen (secondary N) is 1. The van der Waals surface area contributed by atoms with E-state index in [-0.39, 0.29) is 11.4 Å². The predicted molar refractivity (Wildman–Crippen MR) is 145 cm³/mol. The zero-order valence-corrected chi connectivity index (χ0v) is 21.4. The van der Waals surface area contributed by atoms with Crippen LogP contribution in [0.4, 0.5) is 0 Å². The first-order valence-corrected chi connectivity index (χ1v) is 12.4. The second-order valence-corrected chi connectivity index (χ2v) is 8.91. The molecule has 0 bridgehead atoms. The average molecular weight is 530 g/mol. The summed E-state index contributed by atoms with van der Waals surface area (Å²) >= 11 is 1.23. The van der Waals surface area contributed by atoms with E-state index in [2.05, 4.69) is 15.1 Å². The zero-order valence-electron chi connectivity index (χ0n) is 20.6. The van der Waals surface area contributed by atoms with E-state index in [0.717, 1.165) is 5.56 Å². The number of methoxy groups -OCH3 is 2. The third kappa shape index (κ3) is 5.37. The molecule has 5 rings (SSSR count). The SMILES string of the molecule is COc1cccc(OCCOc2ccc(/C=C3\C(=N)N4N=C(c5cccnc5)SC4=NC3=O)cc2OC)c1. The van der Waals surface area contributed by atoms with Gasteiger partial charge in [-0.15, -0.1) is 0 Å². The van der Waals surface area contributed by atoms with Gasteiger partial charge in [-0.3, -0.25) is 15.2 Å². The molecule has 10 nitrogen and oxygen atoms in total. The van der Waals surface area contributed by atoms with Crippen LogP contribution in [-0.2, 0) is 4.79 Å². The number of aromatic nitrogens is 1. The van der Waals surface area contributed by atoms with E-state index in [1.165, 1.54) is 23.9 Å². The topological polar surface area (TPSA) is 119 Å². The third-order valence-electron chi connectivity index (χ3n) is 5.51. The van der Waals surface area contributed by atoms with Crippen molar-refractivity contribution in [3.8, 4) is 23.0 Å². The largest absolute Gasteiger partial charge is 0.497 e. The number of ether oxygens (including phenoxy) is 4. The molecule has 192 valence electrons. The maximum atomic E-state index is 12.8. The molecule has 0 fully saturated rings. The quantitative estimate of drug-likeness (QED) is 0.323. The fourth-order valence-corrected chi connectivity index (χ4v) is 4.54. The first-order valence-electron chi connectivity index (χ1n) is 11.5. The number of carbonyl (C=O) groups excluding carboxylic acids is 1. The molecule has 3 heterocycles. The second kappa shape index (κ2) is 11.2. The normalized spacial score (nSPS) is 15.6. The lowest BCUT2D eigenvalue weighted by Gasteiger charge is -2.20. The Kier molecular flexibility index (Phi) is 7.36. The van der Waals surface area contributed by atoms with E-state index in [1.54, 1.807) is 55.9 Å². The summed E-state index contributed by atoms with van der Waals surface area (Å²) in [6.45, 7) is 0.613. The second-order valence-electron chi connectivity index (χ2n) is 7.95. The summed E-state index contributed by atoms with van der Waals surface area (Å²) in [4.78, 5) is 21.0. The molecule has 0 spiro atoms. The maximum Gasteiger partial charge on any atom is 0.283 e. The van der Waals surface area contributed by atoms with Crippen molar-refractivity contribution in [2.45, 2.75) is 0 Å². The van der Waals surface area contributed by atoms with Gasteiger partial charge < -0.3 is 18.9 Å². The van der Waals surface area contributed by atoms with E-state index in [9.17, 15) is 4.79 Å². The standard InChI is InChI=1S/C27H23N5O5S/c1-34-19-6-3-7-20(15-19)36-11-12-37-22-9-8-17(14-23(22)35-2)13-21-24(28)32-27(30-25(21)33)38-26(31-32)18-5-4-10-29-16-18/h3-10,13-16,28H,11-12H2,1-2H3/b21-13+,28-24?. The first kappa shape index (κ1) is 25.0. The molecule has 1 amide bonds. The van der Waals surface area contributed by atoms with Crippen LogP contribution in [0, 0.1) is 5.41 Å². The molecule has 11 heteroatoms. The number of thioether (sulfide) groups is 1. The van der Waals surface area contributed by atoms with Crippen molar-refractivity contribution in [3.05, 3.63) is 83.7 Å².